The summed E-state index contributed by atoms with van der Waals surface area (Å²) >= 11 is 0. The fourth-order valence-electron chi connectivity index (χ4n) is 4.72. The number of aryl methyl sites for hydroxylation is 3. The van der Waals surface area contributed by atoms with E-state index in [-0.39, 0.29) is 5.91 Å². The number of hydrogen-bond acceptors (Lipinski definition) is 5. The Bertz CT molecular complexity index is 906. The summed E-state index contributed by atoms with van der Waals surface area (Å²) in [5.74, 6) is 4.05. The maximum absolute atomic E-state index is 12.2. The molecule has 0 spiro atoms. The van der Waals surface area contributed by atoms with Gasteiger partial charge in [0, 0.05) is 19.4 Å². The predicted molar refractivity (Wildman–Crippen MR) is 105 cm³/mol. The van der Waals surface area contributed by atoms with Crippen LogP contribution in [0.15, 0.2) is 26.5 Å². The van der Waals surface area contributed by atoms with Crippen LogP contribution < -0.4 is 5.32 Å². The molecule has 2 aromatic rings. The van der Waals surface area contributed by atoms with Gasteiger partial charge in [0.25, 0.3) is 5.89 Å². The summed E-state index contributed by atoms with van der Waals surface area (Å²) in [6, 6.07) is 1.88. The molecule has 0 unspecified atom stereocenters. The van der Waals surface area contributed by atoms with Crippen molar-refractivity contribution in [3.63, 3.8) is 0 Å². The fraction of sp³-hybridized carbons (Fsp3) is 0.591. The molecule has 6 heteroatoms. The lowest BCUT2D eigenvalue weighted by Gasteiger charge is -2.56. The van der Waals surface area contributed by atoms with Crippen molar-refractivity contribution in [1.29, 1.82) is 0 Å². The molecule has 5 rings (SSSR count). The van der Waals surface area contributed by atoms with Gasteiger partial charge in [0.05, 0.1) is 5.56 Å². The van der Waals surface area contributed by atoms with Crippen LogP contribution in [-0.4, -0.2) is 22.6 Å². The van der Waals surface area contributed by atoms with Gasteiger partial charge in [0.1, 0.15) is 11.5 Å². The molecule has 1 fully saturated rings. The van der Waals surface area contributed by atoms with Crippen molar-refractivity contribution in [3.05, 3.63) is 35.1 Å². The topological polar surface area (TPSA) is 81.2 Å². The van der Waals surface area contributed by atoms with Gasteiger partial charge in [-0.15, -0.1) is 10.2 Å². The zero-order chi connectivity index (χ0) is 19.9. The summed E-state index contributed by atoms with van der Waals surface area (Å²) < 4.78 is 11.2. The van der Waals surface area contributed by atoms with E-state index in [1.54, 1.807) is 0 Å². The summed E-state index contributed by atoms with van der Waals surface area (Å²) in [7, 11) is 0. The molecule has 150 valence electrons. The average Bonchev–Trinajstić information content (AvgIpc) is 3.25. The zero-order valence-electron chi connectivity index (χ0n) is 17.2. The second kappa shape index (κ2) is 7.22. The Morgan fingerprint density at radius 2 is 2.07 bits per heavy atom. The average molecular weight is 383 g/mol. The Morgan fingerprint density at radius 1 is 1.25 bits per heavy atom. The maximum atomic E-state index is 12.2. The summed E-state index contributed by atoms with van der Waals surface area (Å²) in [5.41, 5.74) is 2.78. The molecule has 0 saturated heterocycles. The highest BCUT2D eigenvalue weighted by Crippen LogP contribution is 2.59. The Hall–Kier alpha value is -2.37. The van der Waals surface area contributed by atoms with Gasteiger partial charge in [-0.1, -0.05) is 25.5 Å². The molecule has 0 aromatic carbocycles. The Morgan fingerprint density at radius 3 is 2.75 bits per heavy atom. The van der Waals surface area contributed by atoms with E-state index in [0.29, 0.717) is 42.5 Å². The van der Waals surface area contributed by atoms with Gasteiger partial charge in [-0.25, -0.2) is 0 Å². The number of carbonyl (C=O) groups excluding carboxylic acids is 1. The number of aromatic nitrogens is 2. The minimum atomic E-state index is 0.0252. The molecule has 2 bridgehead atoms. The van der Waals surface area contributed by atoms with Crippen LogP contribution in [0.1, 0.15) is 56.9 Å². The number of furan rings is 1. The lowest BCUT2D eigenvalue weighted by atomic mass is 9.48. The first kappa shape index (κ1) is 19.0. The predicted octanol–water partition coefficient (Wildman–Crippen LogP) is 4.38. The van der Waals surface area contributed by atoms with Crippen LogP contribution in [0.2, 0.25) is 0 Å². The van der Waals surface area contributed by atoms with E-state index in [0.717, 1.165) is 29.4 Å². The highest BCUT2D eigenvalue weighted by molar-refractivity contribution is 5.76. The van der Waals surface area contributed by atoms with Crippen molar-refractivity contribution in [1.82, 2.24) is 15.5 Å². The summed E-state index contributed by atoms with van der Waals surface area (Å²) in [4.78, 5) is 12.2. The minimum Gasteiger partial charge on any atom is -0.466 e. The van der Waals surface area contributed by atoms with Crippen molar-refractivity contribution in [3.8, 4) is 11.5 Å². The lowest BCUT2D eigenvalue weighted by molar-refractivity contribution is -0.121. The normalized spacial score (nSPS) is 22.5. The SMILES string of the molecule is Cc1cc(-c2nnc(CCC(=O)NCCC3=CC[C@H]4C[C@@H]3C4(C)C)o2)c(C)o1. The van der Waals surface area contributed by atoms with Gasteiger partial charge in [-0.05, 0) is 56.4 Å². The van der Waals surface area contributed by atoms with E-state index >= 15 is 0 Å². The highest BCUT2D eigenvalue weighted by Gasteiger charge is 2.50. The largest absolute Gasteiger partial charge is 0.466 e. The molecule has 1 amide bonds. The molecule has 0 aliphatic heterocycles. The highest BCUT2D eigenvalue weighted by atomic mass is 16.4. The Kier molecular flexibility index (Phi) is 4.89. The van der Waals surface area contributed by atoms with E-state index in [2.05, 4.69) is 35.4 Å². The van der Waals surface area contributed by atoms with Crippen LogP contribution >= 0.6 is 0 Å². The monoisotopic (exact) mass is 383 g/mol. The molecular weight excluding hydrogens is 354 g/mol. The van der Waals surface area contributed by atoms with Crippen LogP contribution in [0.4, 0.5) is 0 Å². The van der Waals surface area contributed by atoms with Crippen LogP contribution in [0.25, 0.3) is 11.5 Å². The van der Waals surface area contributed by atoms with Crippen molar-refractivity contribution in [2.24, 2.45) is 17.3 Å². The van der Waals surface area contributed by atoms with Crippen LogP contribution in [0.3, 0.4) is 0 Å². The van der Waals surface area contributed by atoms with E-state index in [9.17, 15) is 4.79 Å². The first-order valence-electron chi connectivity index (χ1n) is 10.2. The van der Waals surface area contributed by atoms with Gasteiger partial charge < -0.3 is 14.2 Å². The quantitative estimate of drug-likeness (QED) is 0.718. The number of allylic oxidation sites excluding steroid dienone is 1. The van der Waals surface area contributed by atoms with Crippen molar-refractivity contribution in [2.45, 2.75) is 59.8 Å². The van der Waals surface area contributed by atoms with Gasteiger partial charge >= 0.3 is 0 Å². The number of nitrogens with zero attached hydrogens (tertiary/aromatic N) is 2. The number of hydrogen-bond donors (Lipinski definition) is 1. The van der Waals surface area contributed by atoms with E-state index in [1.807, 2.05) is 19.9 Å². The zero-order valence-corrected chi connectivity index (χ0v) is 17.2. The fourth-order valence-corrected chi connectivity index (χ4v) is 4.72. The van der Waals surface area contributed by atoms with Gasteiger partial charge in [0.2, 0.25) is 11.8 Å². The molecule has 2 heterocycles. The summed E-state index contributed by atoms with van der Waals surface area (Å²) in [5, 5.41) is 11.2. The first-order valence-corrected chi connectivity index (χ1v) is 10.2. The number of amides is 1. The third-order valence-corrected chi connectivity index (χ3v) is 6.62. The molecule has 2 atom stereocenters. The Labute approximate surface area is 165 Å². The second-order valence-corrected chi connectivity index (χ2v) is 8.75. The molecule has 3 aliphatic rings. The van der Waals surface area contributed by atoms with Gasteiger partial charge in [-0.2, -0.15) is 0 Å². The maximum Gasteiger partial charge on any atom is 0.251 e. The molecule has 1 saturated carbocycles. The third kappa shape index (κ3) is 3.52. The second-order valence-electron chi connectivity index (χ2n) is 8.75. The Balaban J connectivity index is 1.22. The molecule has 3 aliphatic carbocycles. The van der Waals surface area contributed by atoms with Crippen molar-refractivity contribution >= 4 is 5.91 Å². The van der Waals surface area contributed by atoms with Crippen LogP contribution in [0, 0.1) is 31.1 Å². The smallest absolute Gasteiger partial charge is 0.251 e. The van der Waals surface area contributed by atoms with Gasteiger partial charge in [-0.3, -0.25) is 4.79 Å². The number of carbonyl (C=O) groups is 1. The number of rotatable bonds is 7. The van der Waals surface area contributed by atoms with Gasteiger partial charge in [0.15, 0.2) is 0 Å². The number of nitrogens with one attached hydrogen (secondary N) is 1. The molecular formula is C22H29N3O3. The van der Waals surface area contributed by atoms with E-state index in [1.165, 1.54) is 18.4 Å². The van der Waals surface area contributed by atoms with E-state index < -0.39 is 0 Å². The molecule has 0 radical (unpaired) electrons. The lowest BCUT2D eigenvalue weighted by Crippen LogP contribution is -2.48. The van der Waals surface area contributed by atoms with E-state index in [4.69, 9.17) is 8.83 Å². The minimum absolute atomic E-state index is 0.0252. The standard InChI is InChI=1S/C22H29N3O3/c1-13-11-17(14(2)27-13)21-25-24-20(28-21)8-7-19(26)23-10-9-15-5-6-16-12-18(15)22(16,3)4/h5,11,16,18H,6-10,12H2,1-4H3,(H,23,26)/t16-,18-/m0/s1. The third-order valence-electron chi connectivity index (χ3n) is 6.62. The van der Waals surface area contributed by atoms with Crippen molar-refractivity contribution < 1.29 is 13.6 Å². The van der Waals surface area contributed by atoms with Crippen LogP contribution in [0.5, 0.6) is 0 Å². The molecule has 28 heavy (non-hydrogen) atoms. The molecule has 1 N–H and O–H groups in total. The summed E-state index contributed by atoms with van der Waals surface area (Å²) in [6.07, 6.45) is 6.66. The number of fused-ring (bicyclic) bond motifs is 1. The first-order chi connectivity index (χ1) is 13.3. The molecule has 2 aromatic heterocycles. The van der Waals surface area contributed by atoms with Crippen molar-refractivity contribution in [2.75, 3.05) is 6.54 Å². The van der Waals surface area contributed by atoms with Crippen LogP contribution in [-0.2, 0) is 11.2 Å². The molecule has 6 nitrogen and oxygen atoms in total. The summed E-state index contributed by atoms with van der Waals surface area (Å²) in [6.45, 7) is 9.20.